The number of furan rings is 1. The normalized spacial score (nSPS) is 21.2. The molecule has 1 atom stereocenters. The molecule has 1 aromatic heterocycles. The van der Waals surface area contributed by atoms with Gasteiger partial charge in [-0.2, -0.15) is 11.8 Å². The minimum Gasteiger partial charge on any atom is -0.464 e. The average molecular weight is 241 g/mol. The molecule has 0 radical (unpaired) electrons. The summed E-state index contributed by atoms with van der Waals surface area (Å²) < 4.78 is 11.1. The van der Waals surface area contributed by atoms with Crippen LogP contribution in [0.1, 0.15) is 24.4 Å². The van der Waals surface area contributed by atoms with E-state index in [1.807, 2.05) is 0 Å². The van der Waals surface area contributed by atoms with Crippen molar-refractivity contribution in [2.75, 3.05) is 19.5 Å². The zero-order valence-corrected chi connectivity index (χ0v) is 10.5. The Balaban J connectivity index is 1.75. The summed E-state index contributed by atoms with van der Waals surface area (Å²) in [5.41, 5.74) is 0. The smallest absolute Gasteiger partial charge is 0.118 e. The first-order valence-electron chi connectivity index (χ1n) is 5.76. The Morgan fingerprint density at radius 1 is 1.44 bits per heavy atom. The maximum atomic E-state index is 5.69. The molecule has 0 bridgehead atoms. The second-order valence-electron chi connectivity index (χ2n) is 4.10. The minimum absolute atomic E-state index is 0.489. The van der Waals surface area contributed by atoms with Crippen LogP contribution in [-0.4, -0.2) is 25.5 Å². The van der Waals surface area contributed by atoms with E-state index in [-0.39, 0.29) is 0 Å². The number of nitrogens with one attached hydrogen (secondary N) is 1. The van der Waals surface area contributed by atoms with E-state index in [9.17, 15) is 0 Å². The van der Waals surface area contributed by atoms with Crippen molar-refractivity contribution in [3.63, 3.8) is 0 Å². The molecule has 0 aliphatic carbocycles. The molecule has 3 nitrogen and oxygen atoms in total. The van der Waals surface area contributed by atoms with Crippen molar-refractivity contribution in [1.29, 1.82) is 0 Å². The first-order valence-corrected chi connectivity index (χ1v) is 7.15. The second kappa shape index (κ2) is 6.33. The molecule has 0 aromatic carbocycles. The third kappa shape index (κ3) is 3.54. The van der Waals surface area contributed by atoms with Crippen LogP contribution in [0, 0.1) is 0 Å². The number of hydrogen-bond acceptors (Lipinski definition) is 4. The Morgan fingerprint density at radius 2 is 2.31 bits per heavy atom. The second-order valence-corrected chi connectivity index (χ2v) is 4.96. The third-order valence-electron chi connectivity index (χ3n) is 2.73. The topological polar surface area (TPSA) is 34.4 Å². The summed E-state index contributed by atoms with van der Waals surface area (Å²) in [5, 5.41) is 3.47. The maximum Gasteiger partial charge on any atom is 0.118 e. The lowest BCUT2D eigenvalue weighted by atomic mass is 10.1. The van der Waals surface area contributed by atoms with Gasteiger partial charge < -0.3 is 14.5 Å². The molecule has 1 aliphatic heterocycles. The number of rotatable bonds is 5. The maximum absolute atomic E-state index is 5.69. The molecule has 1 aliphatic rings. The lowest BCUT2D eigenvalue weighted by Crippen LogP contribution is -2.36. The molecular formula is C12H19NO2S. The molecule has 2 rings (SSSR count). The van der Waals surface area contributed by atoms with Crippen LogP contribution in [0.25, 0.3) is 0 Å². The molecule has 90 valence electrons. The fraction of sp³-hybridized carbons (Fsp3) is 0.667. The molecule has 4 heteroatoms. The van der Waals surface area contributed by atoms with E-state index in [2.05, 4.69) is 23.7 Å². The fourth-order valence-corrected chi connectivity index (χ4v) is 2.32. The lowest BCUT2D eigenvalue weighted by Gasteiger charge is -2.22. The molecule has 1 N–H and O–H groups in total. The third-order valence-corrected chi connectivity index (χ3v) is 3.30. The van der Waals surface area contributed by atoms with Gasteiger partial charge in [0.2, 0.25) is 0 Å². The monoisotopic (exact) mass is 241 g/mol. The highest BCUT2D eigenvalue weighted by molar-refractivity contribution is 7.97. The molecule has 1 unspecified atom stereocenters. The van der Waals surface area contributed by atoms with E-state index in [1.54, 1.807) is 11.8 Å². The number of thioether (sulfide) groups is 1. The summed E-state index contributed by atoms with van der Waals surface area (Å²) in [6, 6.07) is 4.61. The van der Waals surface area contributed by atoms with Crippen molar-refractivity contribution < 1.29 is 9.15 Å². The predicted octanol–water partition coefficient (Wildman–Crippen LogP) is 2.41. The van der Waals surface area contributed by atoms with E-state index in [0.717, 1.165) is 43.5 Å². The van der Waals surface area contributed by atoms with Gasteiger partial charge in [0.15, 0.2) is 0 Å². The minimum atomic E-state index is 0.489. The van der Waals surface area contributed by atoms with Crippen LogP contribution in [0.3, 0.4) is 0 Å². The largest absolute Gasteiger partial charge is 0.464 e. The summed E-state index contributed by atoms with van der Waals surface area (Å²) in [5.74, 6) is 3.03. The van der Waals surface area contributed by atoms with Gasteiger partial charge in [0.25, 0.3) is 0 Å². The Labute approximate surface area is 101 Å². The lowest BCUT2D eigenvalue weighted by molar-refractivity contribution is 0.0693. The van der Waals surface area contributed by atoms with E-state index < -0.39 is 0 Å². The van der Waals surface area contributed by atoms with E-state index in [4.69, 9.17) is 9.15 Å². The number of hydrogen-bond donors (Lipinski definition) is 1. The van der Waals surface area contributed by atoms with Crippen LogP contribution in [0.2, 0.25) is 0 Å². The predicted molar refractivity (Wildman–Crippen MR) is 66.6 cm³/mol. The number of ether oxygens (including phenoxy) is 1. The Morgan fingerprint density at radius 3 is 3.06 bits per heavy atom. The van der Waals surface area contributed by atoms with E-state index >= 15 is 0 Å². The molecule has 1 fully saturated rings. The van der Waals surface area contributed by atoms with Crippen molar-refractivity contribution in [1.82, 2.24) is 5.32 Å². The van der Waals surface area contributed by atoms with Gasteiger partial charge in [0.05, 0.1) is 18.9 Å². The summed E-state index contributed by atoms with van der Waals surface area (Å²) >= 11 is 1.78. The van der Waals surface area contributed by atoms with Gasteiger partial charge in [-0.1, -0.05) is 0 Å². The summed E-state index contributed by atoms with van der Waals surface area (Å²) in [6.07, 6.45) is 4.45. The fourth-order valence-electron chi connectivity index (χ4n) is 1.88. The van der Waals surface area contributed by atoms with Crippen LogP contribution < -0.4 is 5.32 Å². The van der Waals surface area contributed by atoms with E-state index in [0.29, 0.717) is 6.04 Å². The summed E-state index contributed by atoms with van der Waals surface area (Å²) in [6.45, 7) is 2.55. The van der Waals surface area contributed by atoms with Gasteiger partial charge in [-0.3, -0.25) is 0 Å². The Kier molecular flexibility index (Phi) is 4.75. The molecule has 0 spiro atoms. The van der Waals surface area contributed by atoms with Crippen molar-refractivity contribution in [3.8, 4) is 0 Å². The van der Waals surface area contributed by atoms with Gasteiger partial charge in [-0.15, -0.1) is 0 Å². The average Bonchev–Trinajstić information content (AvgIpc) is 2.76. The van der Waals surface area contributed by atoms with Crippen LogP contribution in [0.5, 0.6) is 0 Å². The summed E-state index contributed by atoms with van der Waals surface area (Å²) in [7, 11) is 0. The molecule has 0 saturated carbocycles. The highest BCUT2D eigenvalue weighted by atomic mass is 32.2. The first-order chi connectivity index (χ1) is 7.88. The SMILES string of the molecule is CSCc1ccc(CNC2CCCOC2)o1. The van der Waals surface area contributed by atoms with Crippen LogP contribution in [0.15, 0.2) is 16.5 Å². The van der Waals surface area contributed by atoms with Crippen LogP contribution in [-0.2, 0) is 17.0 Å². The van der Waals surface area contributed by atoms with Gasteiger partial charge in [0.1, 0.15) is 11.5 Å². The zero-order valence-electron chi connectivity index (χ0n) is 9.70. The first kappa shape index (κ1) is 12.0. The van der Waals surface area contributed by atoms with Gasteiger partial charge >= 0.3 is 0 Å². The zero-order chi connectivity index (χ0) is 11.2. The van der Waals surface area contributed by atoms with Crippen molar-refractivity contribution in [2.24, 2.45) is 0 Å². The Bertz CT molecular complexity index is 308. The van der Waals surface area contributed by atoms with Gasteiger partial charge in [-0.25, -0.2) is 0 Å². The van der Waals surface area contributed by atoms with Gasteiger partial charge in [-0.05, 0) is 31.2 Å². The van der Waals surface area contributed by atoms with Crippen molar-refractivity contribution in [3.05, 3.63) is 23.7 Å². The highest BCUT2D eigenvalue weighted by Crippen LogP contribution is 2.14. The standard InChI is InChI=1S/C12H19NO2S/c1-16-9-12-5-4-11(15-12)7-13-10-3-2-6-14-8-10/h4-5,10,13H,2-3,6-9H2,1H3. The molecule has 1 aromatic rings. The van der Waals surface area contributed by atoms with Crippen molar-refractivity contribution >= 4 is 11.8 Å². The van der Waals surface area contributed by atoms with Crippen LogP contribution in [0.4, 0.5) is 0 Å². The van der Waals surface area contributed by atoms with E-state index in [1.165, 1.54) is 6.42 Å². The highest BCUT2D eigenvalue weighted by Gasteiger charge is 2.13. The molecule has 0 amide bonds. The molecule has 1 saturated heterocycles. The summed E-state index contributed by atoms with van der Waals surface area (Å²) in [4.78, 5) is 0. The van der Waals surface area contributed by atoms with Crippen LogP contribution >= 0.6 is 11.8 Å². The Hall–Kier alpha value is -0.450. The quantitative estimate of drug-likeness (QED) is 0.858. The molecule has 16 heavy (non-hydrogen) atoms. The van der Waals surface area contributed by atoms with Gasteiger partial charge in [0, 0.05) is 12.6 Å². The van der Waals surface area contributed by atoms with Crippen molar-refractivity contribution in [2.45, 2.75) is 31.2 Å². The molecular weight excluding hydrogens is 222 g/mol. The molecule has 2 heterocycles.